The molecule has 0 aromatic carbocycles. The van der Waals surface area contributed by atoms with Crippen LogP contribution in [0.4, 0.5) is 0 Å². The number of ether oxygens (including phenoxy) is 1. The van der Waals surface area contributed by atoms with Crippen LogP contribution in [0.3, 0.4) is 0 Å². The first-order chi connectivity index (χ1) is 5.73. The number of rotatable bonds is 0. The van der Waals surface area contributed by atoms with Crippen LogP contribution in [0, 0.1) is 5.41 Å². The van der Waals surface area contributed by atoms with E-state index in [0.29, 0.717) is 12.4 Å². The lowest BCUT2D eigenvalue weighted by Gasteiger charge is -2.39. The molecule has 2 nitrogen and oxygen atoms in total. The quantitative estimate of drug-likeness (QED) is 0.603. The van der Waals surface area contributed by atoms with Crippen LogP contribution in [-0.2, 0) is 15.5 Å². The first-order valence-electron chi connectivity index (χ1n) is 4.73. The highest BCUT2D eigenvalue weighted by Gasteiger charge is 2.39. The zero-order chi connectivity index (χ0) is 10.3. The average molecular weight is 204 g/mol. The first kappa shape index (κ1) is 11.2. The van der Waals surface area contributed by atoms with Crippen molar-refractivity contribution in [3.63, 3.8) is 0 Å². The summed E-state index contributed by atoms with van der Waals surface area (Å²) in [6, 6.07) is 0. The topological polar surface area (TPSA) is 26.3 Å². The molecule has 0 aliphatic carbocycles. The molecule has 0 N–H and O–H groups in total. The van der Waals surface area contributed by atoms with Crippen LogP contribution >= 0.6 is 0 Å². The lowest BCUT2D eigenvalue weighted by Crippen LogP contribution is -2.49. The molecule has 0 spiro atoms. The molecule has 1 aliphatic heterocycles. The van der Waals surface area contributed by atoms with E-state index in [4.69, 9.17) is 4.74 Å². The Morgan fingerprint density at radius 3 is 2.31 bits per heavy atom. The number of hydrogen-bond donors (Lipinski definition) is 0. The van der Waals surface area contributed by atoms with Crippen LogP contribution in [-0.4, -0.2) is 27.4 Å². The first-order valence-corrected chi connectivity index (χ1v) is 6.05. The molecule has 1 saturated heterocycles. The van der Waals surface area contributed by atoms with Gasteiger partial charge < -0.3 is 4.74 Å². The number of hydrogen-bond acceptors (Lipinski definition) is 2. The fourth-order valence-corrected chi connectivity index (χ4v) is 2.80. The van der Waals surface area contributed by atoms with E-state index in [9.17, 15) is 4.21 Å². The zero-order valence-corrected chi connectivity index (χ0v) is 10.0. The van der Waals surface area contributed by atoms with Gasteiger partial charge in [-0.15, -0.1) is 0 Å². The lowest BCUT2D eigenvalue weighted by molar-refractivity contribution is -0.0182. The Kier molecular flexibility index (Phi) is 2.89. The molecule has 0 aromatic heterocycles. The molecule has 1 fully saturated rings. The van der Waals surface area contributed by atoms with Crippen molar-refractivity contribution >= 4 is 10.8 Å². The van der Waals surface area contributed by atoms with Gasteiger partial charge in [0.1, 0.15) is 0 Å². The Morgan fingerprint density at radius 2 is 1.92 bits per heavy atom. The van der Waals surface area contributed by atoms with E-state index in [0.717, 1.165) is 0 Å². The second-order valence-electron chi connectivity index (χ2n) is 5.44. The van der Waals surface area contributed by atoms with Crippen molar-refractivity contribution in [2.24, 2.45) is 5.41 Å². The van der Waals surface area contributed by atoms with E-state index >= 15 is 0 Å². The molecule has 0 aromatic rings. The van der Waals surface area contributed by atoms with Gasteiger partial charge in [-0.1, -0.05) is 20.8 Å². The van der Waals surface area contributed by atoms with Crippen molar-refractivity contribution < 1.29 is 8.95 Å². The molecule has 0 bridgehead atoms. The highest BCUT2D eigenvalue weighted by Crippen LogP contribution is 2.30. The van der Waals surface area contributed by atoms with Gasteiger partial charge in [0.05, 0.1) is 23.2 Å². The Morgan fingerprint density at radius 1 is 1.38 bits per heavy atom. The molecular formula is C10H20O2S. The van der Waals surface area contributed by atoms with Gasteiger partial charge in [0.15, 0.2) is 0 Å². The summed E-state index contributed by atoms with van der Waals surface area (Å²) < 4.78 is 17.4. The zero-order valence-electron chi connectivity index (χ0n) is 9.22. The second kappa shape index (κ2) is 3.35. The van der Waals surface area contributed by atoms with Crippen molar-refractivity contribution in [3.05, 3.63) is 0 Å². The maximum Gasteiger partial charge on any atom is 0.0739 e. The largest absolute Gasteiger partial charge is 0.375 e. The summed E-state index contributed by atoms with van der Waals surface area (Å²) in [5.41, 5.74) is 0.103. The summed E-state index contributed by atoms with van der Waals surface area (Å²) >= 11 is 0. The minimum absolute atomic E-state index is 0.103. The van der Waals surface area contributed by atoms with Crippen LogP contribution in [0.15, 0.2) is 0 Å². The monoisotopic (exact) mass is 204 g/mol. The molecule has 78 valence electrons. The van der Waals surface area contributed by atoms with Gasteiger partial charge in [0, 0.05) is 10.8 Å². The minimum atomic E-state index is -0.752. The second-order valence-corrected chi connectivity index (χ2v) is 7.57. The van der Waals surface area contributed by atoms with Gasteiger partial charge >= 0.3 is 0 Å². The Bertz CT molecular complexity index is 215. The maximum atomic E-state index is 11.8. The standard InChI is InChI=1S/C10H20O2S/c1-9(2,3)8-6-13(11)10(4,5)7-12-8/h8H,6-7H2,1-5H3/t8-,13?/m0/s1. The fraction of sp³-hybridized carbons (Fsp3) is 1.00. The summed E-state index contributed by atoms with van der Waals surface area (Å²) in [5.74, 6) is 0.677. The SMILES string of the molecule is CC(C)(C)[C@@H]1CS(=O)C(C)(C)CO1. The van der Waals surface area contributed by atoms with E-state index < -0.39 is 10.8 Å². The molecule has 0 radical (unpaired) electrons. The van der Waals surface area contributed by atoms with E-state index in [-0.39, 0.29) is 16.3 Å². The summed E-state index contributed by atoms with van der Waals surface area (Å²) in [7, 11) is -0.752. The Balaban J connectivity index is 2.67. The van der Waals surface area contributed by atoms with Gasteiger partial charge in [-0.25, -0.2) is 0 Å². The predicted octanol–water partition coefficient (Wildman–Crippen LogP) is 1.96. The molecule has 1 unspecified atom stereocenters. The van der Waals surface area contributed by atoms with Crippen molar-refractivity contribution in [1.82, 2.24) is 0 Å². The molecular weight excluding hydrogens is 184 g/mol. The molecule has 3 heteroatoms. The van der Waals surface area contributed by atoms with Crippen LogP contribution < -0.4 is 0 Å². The fourth-order valence-electron chi connectivity index (χ4n) is 1.28. The third-order valence-electron chi connectivity index (χ3n) is 2.52. The van der Waals surface area contributed by atoms with Crippen LogP contribution in [0.25, 0.3) is 0 Å². The van der Waals surface area contributed by atoms with Gasteiger partial charge in [0.2, 0.25) is 0 Å². The summed E-state index contributed by atoms with van der Waals surface area (Å²) in [4.78, 5) is 0. The van der Waals surface area contributed by atoms with Crippen molar-refractivity contribution in [2.45, 2.75) is 45.5 Å². The van der Waals surface area contributed by atoms with Crippen molar-refractivity contribution in [1.29, 1.82) is 0 Å². The van der Waals surface area contributed by atoms with Gasteiger partial charge in [-0.3, -0.25) is 4.21 Å². The summed E-state index contributed by atoms with van der Waals surface area (Å²) in [6.07, 6.45) is 0.140. The van der Waals surface area contributed by atoms with Crippen molar-refractivity contribution in [2.75, 3.05) is 12.4 Å². The van der Waals surface area contributed by atoms with E-state index in [2.05, 4.69) is 20.8 Å². The minimum Gasteiger partial charge on any atom is -0.375 e. The third-order valence-corrected chi connectivity index (χ3v) is 4.47. The Hall–Kier alpha value is 0.110. The predicted molar refractivity (Wildman–Crippen MR) is 56.3 cm³/mol. The normalized spacial score (nSPS) is 34.5. The van der Waals surface area contributed by atoms with Gasteiger partial charge in [0.25, 0.3) is 0 Å². The van der Waals surface area contributed by atoms with Crippen LogP contribution in [0.1, 0.15) is 34.6 Å². The van der Waals surface area contributed by atoms with Crippen LogP contribution in [0.2, 0.25) is 0 Å². The molecule has 1 rings (SSSR count). The summed E-state index contributed by atoms with van der Waals surface area (Å²) in [5, 5.41) is 0. The van der Waals surface area contributed by atoms with Crippen LogP contribution in [0.5, 0.6) is 0 Å². The maximum absolute atomic E-state index is 11.8. The van der Waals surface area contributed by atoms with E-state index in [1.54, 1.807) is 0 Å². The summed E-state index contributed by atoms with van der Waals surface area (Å²) in [6.45, 7) is 11.0. The Labute approximate surface area is 83.5 Å². The van der Waals surface area contributed by atoms with E-state index in [1.165, 1.54) is 0 Å². The van der Waals surface area contributed by atoms with Crippen molar-refractivity contribution in [3.8, 4) is 0 Å². The molecule has 1 aliphatic rings. The van der Waals surface area contributed by atoms with E-state index in [1.807, 2.05) is 13.8 Å². The highest BCUT2D eigenvalue weighted by atomic mass is 32.2. The molecule has 0 amide bonds. The van der Waals surface area contributed by atoms with Gasteiger partial charge in [-0.05, 0) is 19.3 Å². The smallest absolute Gasteiger partial charge is 0.0739 e. The molecule has 0 saturated carbocycles. The lowest BCUT2D eigenvalue weighted by atomic mass is 9.90. The molecule has 13 heavy (non-hydrogen) atoms. The third kappa shape index (κ3) is 2.53. The molecule has 1 heterocycles. The highest BCUT2D eigenvalue weighted by molar-refractivity contribution is 7.86. The average Bonchev–Trinajstić information content (AvgIpc) is 1.92. The van der Waals surface area contributed by atoms with Gasteiger partial charge in [-0.2, -0.15) is 0 Å². The molecule has 2 atom stereocenters.